The summed E-state index contributed by atoms with van der Waals surface area (Å²) in [6, 6.07) is 5.07. The van der Waals surface area contributed by atoms with Gasteiger partial charge in [0, 0.05) is 29.2 Å². The lowest BCUT2D eigenvalue weighted by Crippen LogP contribution is -2.33. The van der Waals surface area contributed by atoms with Gasteiger partial charge >= 0.3 is 0 Å². The normalized spacial score (nSPS) is 13.9. The Balaban J connectivity index is 1.77. The molecule has 2 N–H and O–H groups in total. The van der Waals surface area contributed by atoms with Crippen molar-refractivity contribution in [3.63, 3.8) is 0 Å². The molecule has 4 nitrogen and oxygen atoms in total. The Morgan fingerprint density at radius 3 is 2.95 bits per heavy atom. The molecule has 0 bridgehead atoms. The maximum absolute atomic E-state index is 9.94. The van der Waals surface area contributed by atoms with Gasteiger partial charge < -0.3 is 15.2 Å². The van der Waals surface area contributed by atoms with Crippen molar-refractivity contribution in [1.29, 1.82) is 0 Å². The van der Waals surface area contributed by atoms with E-state index >= 15 is 0 Å². The average Bonchev–Trinajstić information content (AvgIpc) is 3.00. The van der Waals surface area contributed by atoms with Crippen LogP contribution in [0.1, 0.15) is 18.0 Å². The molecule has 2 unspecified atom stereocenters. The third-order valence-electron chi connectivity index (χ3n) is 2.81. The molecule has 2 atom stereocenters. The van der Waals surface area contributed by atoms with E-state index in [0.717, 1.165) is 5.01 Å². The van der Waals surface area contributed by atoms with Gasteiger partial charge in [-0.05, 0) is 19.1 Å². The van der Waals surface area contributed by atoms with Gasteiger partial charge in [0.05, 0.1) is 11.1 Å². The molecule has 1 heterocycles. The van der Waals surface area contributed by atoms with E-state index in [1.165, 1.54) is 0 Å². The summed E-state index contributed by atoms with van der Waals surface area (Å²) in [5, 5.41) is 17.1. The predicted octanol–water partition coefficient (Wildman–Crippen LogP) is 3.54. The van der Waals surface area contributed by atoms with Crippen molar-refractivity contribution in [2.75, 3.05) is 13.2 Å². The van der Waals surface area contributed by atoms with Gasteiger partial charge in [-0.3, -0.25) is 0 Å². The molecule has 0 saturated carbocycles. The van der Waals surface area contributed by atoms with Crippen LogP contribution in [-0.2, 0) is 0 Å². The van der Waals surface area contributed by atoms with Crippen LogP contribution in [-0.4, -0.2) is 29.3 Å². The van der Waals surface area contributed by atoms with E-state index < -0.39 is 6.10 Å². The Hall–Kier alpha value is -0.850. The fraction of sp³-hybridized carbons (Fsp3) is 0.357. The highest BCUT2D eigenvalue weighted by Crippen LogP contribution is 2.27. The highest BCUT2D eigenvalue weighted by molar-refractivity contribution is 7.09. The van der Waals surface area contributed by atoms with Crippen molar-refractivity contribution in [2.24, 2.45) is 0 Å². The monoisotopic (exact) mass is 346 g/mol. The lowest BCUT2D eigenvalue weighted by Gasteiger charge is -2.16. The predicted molar refractivity (Wildman–Crippen MR) is 86.5 cm³/mol. The summed E-state index contributed by atoms with van der Waals surface area (Å²) in [6.07, 6.45) is 1.11. The van der Waals surface area contributed by atoms with Crippen molar-refractivity contribution in [2.45, 2.75) is 19.1 Å². The summed E-state index contributed by atoms with van der Waals surface area (Å²) >= 11 is 13.4. The van der Waals surface area contributed by atoms with E-state index in [9.17, 15) is 5.11 Å². The van der Waals surface area contributed by atoms with Crippen molar-refractivity contribution in [1.82, 2.24) is 10.3 Å². The fourth-order valence-electron chi connectivity index (χ4n) is 1.68. The van der Waals surface area contributed by atoms with Gasteiger partial charge in [0.1, 0.15) is 23.5 Å². The highest BCUT2D eigenvalue weighted by Gasteiger charge is 2.12. The minimum absolute atomic E-state index is 0.0920. The number of hydrogen-bond donors (Lipinski definition) is 2. The Bertz CT molecular complexity index is 566. The van der Waals surface area contributed by atoms with E-state index in [1.807, 2.05) is 12.3 Å². The molecule has 0 spiro atoms. The smallest absolute Gasteiger partial charge is 0.139 e. The van der Waals surface area contributed by atoms with Crippen LogP contribution in [0.3, 0.4) is 0 Å². The number of thiazole rings is 1. The number of nitrogens with one attached hydrogen (secondary N) is 1. The van der Waals surface area contributed by atoms with Crippen LogP contribution in [0.4, 0.5) is 0 Å². The van der Waals surface area contributed by atoms with E-state index in [-0.39, 0.29) is 12.6 Å². The van der Waals surface area contributed by atoms with Crippen LogP contribution in [0, 0.1) is 0 Å². The minimum Gasteiger partial charge on any atom is -0.489 e. The number of hydrogen-bond acceptors (Lipinski definition) is 5. The van der Waals surface area contributed by atoms with Crippen molar-refractivity contribution >= 4 is 34.5 Å². The van der Waals surface area contributed by atoms with E-state index in [2.05, 4.69) is 10.3 Å². The lowest BCUT2D eigenvalue weighted by molar-refractivity contribution is 0.104. The van der Waals surface area contributed by atoms with Crippen LogP contribution in [0.15, 0.2) is 29.8 Å². The van der Waals surface area contributed by atoms with Crippen LogP contribution in [0.25, 0.3) is 0 Å². The summed E-state index contributed by atoms with van der Waals surface area (Å²) in [4.78, 5) is 4.22. The molecule has 0 aliphatic carbocycles. The summed E-state index contributed by atoms with van der Waals surface area (Å²) in [5.74, 6) is 0.469. The molecule has 7 heteroatoms. The van der Waals surface area contributed by atoms with Gasteiger partial charge in [0.2, 0.25) is 0 Å². The maximum atomic E-state index is 9.94. The molecule has 0 saturated heterocycles. The lowest BCUT2D eigenvalue weighted by atomic mass is 10.3. The zero-order valence-corrected chi connectivity index (χ0v) is 13.8. The number of nitrogens with zero attached hydrogens (tertiary/aromatic N) is 1. The second-order valence-corrected chi connectivity index (χ2v) is 6.31. The van der Waals surface area contributed by atoms with Crippen molar-refractivity contribution < 1.29 is 9.84 Å². The molecule has 0 radical (unpaired) electrons. The highest BCUT2D eigenvalue weighted by atomic mass is 35.5. The molecule has 2 rings (SSSR count). The Morgan fingerprint density at radius 1 is 1.43 bits per heavy atom. The molecular weight excluding hydrogens is 331 g/mol. The molecule has 21 heavy (non-hydrogen) atoms. The Kier molecular flexibility index (Phi) is 6.26. The second kappa shape index (κ2) is 7.96. The molecule has 0 fully saturated rings. The van der Waals surface area contributed by atoms with E-state index in [4.69, 9.17) is 27.9 Å². The molecular formula is C14H16Cl2N2O2S. The molecule has 114 valence electrons. The third kappa shape index (κ3) is 5.13. The largest absolute Gasteiger partial charge is 0.489 e. The summed E-state index contributed by atoms with van der Waals surface area (Å²) in [6.45, 7) is 2.54. The summed E-state index contributed by atoms with van der Waals surface area (Å²) in [5.41, 5.74) is 0. The molecule has 0 amide bonds. The topological polar surface area (TPSA) is 54.4 Å². The second-order valence-electron chi connectivity index (χ2n) is 4.54. The van der Waals surface area contributed by atoms with Gasteiger partial charge in [0.25, 0.3) is 0 Å². The standard InChI is InChI=1S/C14H16Cl2N2O2S/c1-9(14-17-4-5-21-14)18-7-11(19)8-20-13-6-10(15)2-3-12(13)16/h2-6,9,11,18-19H,7-8H2,1H3. The fourth-order valence-corrected chi connectivity index (χ4v) is 2.69. The summed E-state index contributed by atoms with van der Waals surface area (Å²) < 4.78 is 5.48. The molecule has 2 aromatic rings. The van der Waals surface area contributed by atoms with Crippen LogP contribution in [0.5, 0.6) is 5.75 Å². The van der Waals surface area contributed by atoms with Gasteiger partial charge in [-0.15, -0.1) is 11.3 Å². The number of benzene rings is 1. The van der Waals surface area contributed by atoms with Crippen LogP contribution in [0.2, 0.25) is 10.0 Å². The SMILES string of the molecule is CC(NCC(O)COc1cc(Cl)ccc1Cl)c1nccs1. The average molecular weight is 347 g/mol. The Labute approximate surface area is 137 Å². The van der Waals surface area contributed by atoms with Crippen molar-refractivity contribution in [3.8, 4) is 5.75 Å². The number of rotatable bonds is 7. The first-order chi connectivity index (χ1) is 10.1. The number of aliphatic hydroxyl groups excluding tert-OH is 1. The summed E-state index contributed by atoms with van der Waals surface area (Å²) in [7, 11) is 0. The van der Waals surface area contributed by atoms with Crippen molar-refractivity contribution in [3.05, 3.63) is 44.8 Å². The number of ether oxygens (including phenoxy) is 1. The van der Waals surface area contributed by atoms with Gasteiger partial charge in [-0.1, -0.05) is 23.2 Å². The first-order valence-corrected chi connectivity index (χ1v) is 8.08. The third-order valence-corrected chi connectivity index (χ3v) is 4.31. The van der Waals surface area contributed by atoms with E-state index in [1.54, 1.807) is 35.7 Å². The molecule has 0 aliphatic rings. The zero-order valence-electron chi connectivity index (χ0n) is 11.4. The first kappa shape index (κ1) is 16.5. The zero-order chi connectivity index (χ0) is 15.2. The van der Waals surface area contributed by atoms with Crippen LogP contribution >= 0.6 is 34.5 Å². The molecule has 1 aromatic heterocycles. The quantitative estimate of drug-likeness (QED) is 0.804. The Morgan fingerprint density at radius 2 is 2.24 bits per heavy atom. The molecule has 1 aromatic carbocycles. The maximum Gasteiger partial charge on any atom is 0.139 e. The molecule has 0 aliphatic heterocycles. The number of aromatic nitrogens is 1. The van der Waals surface area contributed by atoms with Gasteiger partial charge in [0.15, 0.2) is 0 Å². The first-order valence-electron chi connectivity index (χ1n) is 6.45. The van der Waals surface area contributed by atoms with Gasteiger partial charge in [-0.25, -0.2) is 4.98 Å². The van der Waals surface area contributed by atoms with E-state index in [0.29, 0.717) is 22.3 Å². The minimum atomic E-state index is -0.650. The number of halogens is 2. The number of aliphatic hydroxyl groups is 1. The van der Waals surface area contributed by atoms with Gasteiger partial charge in [-0.2, -0.15) is 0 Å². The van der Waals surface area contributed by atoms with Crippen LogP contribution < -0.4 is 10.1 Å².